The number of piperidine rings is 1. The van der Waals surface area contributed by atoms with Gasteiger partial charge in [-0.3, -0.25) is 0 Å². The Hall–Kier alpha value is -0.610. The summed E-state index contributed by atoms with van der Waals surface area (Å²) in [7, 11) is 0. The highest BCUT2D eigenvalue weighted by molar-refractivity contribution is 7.15. The Kier molecular flexibility index (Phi) is 5.67. The molecule has 1 aliphatic rings. The van der Waals surface area contributed by atoms with Crippen molar-refractivity contribution in [1.82, 2.24) is 10.3 Å². The van der Waals surface area contributed by atoms with E-state index in [2.05, 4.69) is 51.8 Å². The zero-order chi connectivity index (χ0) is 15.6. The summed E-state index contributed by atoms with van der Waals surface area (Å²) in [6.07, 6.45) is 1.35. The van der Waals surface area contributed by atoms with Crippen LogP contribution in [0.2, 0.25) is 0 Å². The van der Waals surface area contributed by atoms with Crippen LogP contribution in [-0.4, -0.2) is 24.1 Å². The molecule has 1 aliphatic heterocycles. The smallest absolute Gasteiger partial charge is 0.185 e. The Balaban J connectivity index is 2.18. The maximum Gasteiger partial charge on any atom is 0.185 e. The third-order valence-electron chi connectivity index (χ3n) is 4.07. The SMILES string of the molecule is CC1CC(C)CN(c2nc(C(C)C)c(CNC(C)C)s2)C1. The van der Waals surface area contributed by atoms with Gasteiger partial charge in [-0.05, 0) is 24.2 Å². The molecule has 4 heteroatoms. The van der Waals surface area contributed by atoms with Gasteiger partial charge in [0.2, 0.25) is 0 Å². The Morgan fingerprint density at radius 2 is 1.81 bits per heavy atom. The zero-order valence-corrected chi connectivity index (χ0v) is 15.3. The predicted molar refractivity (Wildman–Crippen MR) is 93.3 cm³/mol. The molecule has 1 aromatic rings. The highest BCUT2D eigenvalue weighted by atomic mass is 32.1. The lowest BCUT2D eigenvalue weighted by molar-refractivity contribution is 0.356. The number of anilines is 1. The molecule has 3 nitrogen and oxygen atoms in total. The first kappa shape index (κ1) is 16.8. The Labute approximate surface area is 134 Å². The molecule has 0 aliphatic carbocycles. The zero-order valence-electron chi connectivity index (χ0n) is 14.4. The third kappa shape index (κ3) is 4.43. The molecule has 0 aromatic carbocycles. The summed E-state index contributed by atoms with van der Waals surface area (Å²) in [5.41, 5.74) is 1.29. The molecular formula is C17H31N3S. The van der Waals surface area contributed by atoms with E-state index in [-0.39, 0.29) is 0 Å². The molecule has 120 valence electrons. The summed E-state index contributed by atoms with van der Waals surface area (Å²) in [6.45, 7) is 16.9. The van der Waals surface area contributed by atoms with Gasteiger partial charge in [-0.2, -0.15) is 0 Å². The van der Waals surface area contributed by atoms with Crippen molar-refractivity contribution in [2.75, 3.05) is 18.0 Å². The second kappa shape index (κ2) is 7.10. The van der Waals surface area contributed by atoms with E-state index in [0.29, 0.717) is 12.0 Å². The Morgan fingerprint density at radius 3 is 2.33 bits per heavy atom. The van der Waals surface area contributed by atoms with E-state index in [9.17, 15) is 0 Å². The Bertz CT molecular complexity index is 443. The van der Waals surface area contributed by atoms with Crippen molar-refractivity contribution in [3.05, 3.63) is 10.6 Å². The highest BCUT2D eigenvalue weighted by Gasteiger charge is 2.25. The highest BCUT2D eigenvalue weighted by Crippen LogP contribution is 2.34. The number of hydrogen-bond acceptors (Lipinski definition) is 4. The first-order chi connectivity index (χ1) is 9.86. The molecule has 21 heavy (non-hydrogen) atoms. The Morgan fingerprint density at radius 1 is 1.19 bits per heavy atom. The first-order valence-electron chi connectivity index (χ1n) is 8.34. The van der Waals surface area contributed by atoms with Crippen molar-refractivity contribution < 1.29 is 0 Å². The second-order valence-electron chi connectivity index (χ2n) is 7.35. The van der Waals surface area contributed by atoms with E-state index in [4.69, 9.17) is 4.98 Å². The number of nitrogens with zero attached hydrogens (tertiary/aromatic N) is 2. The molecule has 2 rings (SSSR count). The van der Waals surface area contributed by atoms with Gasteiger partial charge in [-0.15, -0.1) is 11.3 Å². The van der Waals surface area contributed by atoms with Crippen LogP contribution in [0.5, 0.6) is 0 Å². The van der Waals surface area contributed by atoms with Crippen molar-refractivity contribution in [3.8, 4) is 0 Å². The molecule has 0 saturated carbocycles. The van der Waals surface area contributed by atoms with Gasteiger partial charge in [0, 0.05) is 30.6 Å². The van der Waals surface area contributed by atoms with Gasteiger partial charge in [-0.25, -0.2) is 4.98 Å². The van der Waals surface area contributed by atoms with Crippen LogP contribution in [0.25, 0.3) is 0 Å². The van der Waals surface area contributed by atoms with Crippen LogP contribution in [0.1, 0.15) is 64.5 Å². The van der Waals surface area contributed by atoms with Crippen LogP contribution in [0.15, 0.2) is 0 Å². The number of nitrogens with one attached hydrogen (secondary N) is 1. The molecule has 1 N–H and O–H groups in total. The van der Waals surface area contributed by atoms with Gasteiger partial charge in [0.15, 0.2) is 5.13 Å². The molecule has 0 amide bonds. The van der Waals surface area contributed by atoms with Crippen molar-refractivity contribution in [2.45, 2.75) is 66.5 Å². The maximum absolute atomic E-state index is 4.98. The maximum atomic E-state index is 4.98. The molecule has 0 radical (unpaired) electrons. The van der Waals surface area contributed by atoms with Gasteiger partial charge in [0.25, 0.3) is 0 Å². The third-order valence-corrected chi connectivity index (χ3v) is 5.21. The molecule has 1 saturated heterocycles. The number of hydrogen-bond donors (Lipinski definition) is 1. The summed E-state index contributed by atoms with van der Waals surface area (Å²) < 4.78 is 0. The van der Waals surface area contributed by atoms with Gasteiger partial charge >= 0.3 is 0 Å². The van der Waals surface area contributed by atoms with Crippen LogP contribution in [-0.2, 0) is 6.54 Å². The van der Waals surface area contributed by atoms with Crippen molar-refractivity contribution in [3.63, 3.8) is 0 Å². The van der Waals surface area contributed by atoms with Gasteiger partial charge in [0.1, 0.15) is 0 Å². The summed E-state index contributed by atoms with van der Waals surface area (Å²) in [5.74, 6) is 2.05. The molecule has 0 spiro atoms. The molecule has 2 unspecified atom stereocenters. The minimum absolute atomic E-state index is 0.499. The lowest BCUT2D eigenvalue weighted by Gasteiger charge is -2.34. The number of aromatic nitrogens is 1. The average Bonchev–Trinajstić information content (AvgIpc) is 2.79. The monoisotopic (exact) mass is 309 g/mol. The van der Waals surface area contributed by atoms with Gasteiger partial charge in [0.05, 0.1) is 5.69 Å². The number of thiazole rings is 1. The van der Waals surface area contributed by atoms with E-state index in [1.54, 1.807) is 0 Å². The van der Waals surface area contributed by atoms with E-state index >= 15 is 0 Å². The van der Waals surface area contributed by atoms with Crippen LogP contribution >= 0.6 is 11.3 Å². The summed E-state index contributed by atoms with van der Waals surface area (Å²) >= 11 is 1.89. The van der Waals surface area contributed by atoms with Gasteiger partial charge < -0.3 is 10.2 Å². The molecule has 1 fully saturated rings. The van der Waals surface area contributed by atoms with Crippen LogP contribution < -0.4 is 10.2 Å². The van der Waals surface area contributed by atoms with Crippen molar-refractivity contribution in [2.24, 2.45) is 11.8 Å². The fourth-order valence-corrected chi connectivity index (χ4v) is 4.36. The quantitative estimate of drug-likeness (QED) is 0.881. The van der Waals surface area contributed by atoms with Crippen LogP contribution in [0.4, 0.5) is 5.13 Å². The summed E-state index contributed by atoms with van der Waals surface area (Å²) in [4.78, 5) is 8.91. The van der Waals surface area contributed by atoms with E-state index < -0.39 is 0 Å². The van der Waals surface area contributed by atoms with Crippen molar-refractivity contribution in [1.29, 1.82) is 0 Å². The molecule has 2 atom stereocenters. The average molecular weight is 310 g/mol. The first-order valence-corrected chi connectivity index (χ1v) is 9.16. The molecular weight excluding hydrogens is 278 g/mol. The second-order valence-corrected chi connectivity index (χ2v) is 8.41. The van der Waals surface area contributed by atoms with Gasteiger partial charge in [-0.1, -0.05) is 41.5 Å². The minimum atomic E-state index is 0.499. The predicted octanol–water partition coefficient (Wildman–Crippen LogP) is 4.25. The lowest BCUT2D eigenvalue weighted by Crippen LogP contribution is -2.38. The van der Waals surface area contributed by atoms with E-state index in [1.807, 2.05) is 11.3 Å². The fraction of sp³-hybridized carbons (Fsp3) is 0.824. The van der Waals surface area contributed by atoms with E-state index in [0.717, 1.165) is 31.5 Å². The molecule has 1 aromatic heterocycles. The van der Waals surface area contributed by atoms with Crippen LogP contribution in [0, 0.1) is 11.8 Å². The largest absolute Gasteiger partial charge is 0.348 e. The van der Waals surface area contributed by atoms with E-state index in [1.165, 1.54) is 22.1 Å². The summed E-state index contributed by atoms with van der Waals surface area (Å²) in [5, 5.41) is 4.78. The number of rotatable bonds is 5. The van der Waals surface area contributed by atoms with Crippen LogP contribution in [0.3, 0.4) is 0 Å². The van der Waals surface area contributed by atoms with Crippen molar-refractivity contribution >= 4 is 16.5 Å². The topological polar surface area (TPSA) is 28.2 Å². The fourth-order valence-electron chi connectivity index (χ4n) is 3.18. The minimum Gasteiger partial charge on any atom is -0.348 e. The summed E-state index contributed by atoms with van der Waals surface area (Å²) in [6, 6.07) is 0.519. The molecule has 2 heterocycles. The molecule has 0 bridgehead atoms. The standard InChI is InChI=1S/C17H31N3S/c1-11(2)16-15(8-18-12(3)4)21-17(19-16)20-9-13(5)7-14(6)10-20/h11-14,18H,7-10H2,1-6H3. The normalized spacial score (nSPS) is 23.3. The lowest BCUT2D eigenvalue weighted by atomic mass is 9.92.